The third-order valence-corrected chi connectivity index (χ3v) is 3.98. The third-order valence-electron chi connectivity index (χ3n) is 3.07. The fourth-order valence-corrected chi connectivity index (χ4v) is 2.66. The molecule has 2 aromatic carbocycles. The van der Waals surface area contributed by atoms with Crippen LogP contribution in [0.15, 0.2) is 40.9 Å². The first-order chi connectivity index (χ1) is 9.11. The monoisotopic (exact) mass is 338 g/mol. The molecule has 0 radical (unpaired) electrons. The van der Waals surface area contributed by atoms with Crippen LogP contribution in [0.5, 0.6) is 5.75 Å². The molecule has 2 rings (SSSR count). The van der Waals surface area contributed by atoms with Crippen LogP contribution >= 0.6 is 27.5 Å². The smallest absolute Gasteiger partial charge is 0.138 e. The summed E-state index contributed by atoms with van der Waals surface area (Å²) in [5.74, 6) is 1.28. The molecule has 0 saturated carbocycles. The maximum absolute atomic E-state index is 5.95. The van der Waals surface area contributed by atoms with Crippen LogP contribution in [0.25, 0.3) is 0 Å². The maximum Gasteiger partial charge on any atom is 0.138 e. The molecule has 0 unspecified atom stereocenters. The largest absolute Gasteiger partial charge is 0.487 e. The van der Waals surface area contributed by atoms with E-state index in [-0.39, 0.29) is 0 Å². The second kappa shape index (κ2) is 6.44. The van der Waals surface area contributed by atoms with Gasteiger partial charge >= 0.3 is 0 Å². The number of para-hydroxylation sites is 1. The van der Waals surface area contributed by atoms with E-state index in [0.717, 1.165) is 15.8 Å². The lowest BCUT2D eigenvalue weighted by atomic mass is 10.1. The van der Waals surface area contributed by atoms with Crippen molar-refractivity contribution in [2.45, 2.75) is 26.3 Å². The van der Waals surface area contributed by atoms with Gasteiger partial charge in [-0.15, -0.1) is 11.6 Å². The Morgan fingerprint density at radius 1 is 1.11 bits per heavy atom. The second-order valence-electron chi connectivity index (χ2n) is 4.58. The van der Waals surface area contributed by atoms with Gasteiger partial charge in [-0.05, 0) is 47.0 Å². The maximum atomic E-state index is 5.95. The van der Waals surface area contributed by atoms with E-state index in [2.05, 4.69) is 48.0 Å². The first-order valence-corrected chi connectivity index (χ1v) is 7.47. The Morgan fingerprint density at radius 3 is 2.63 bits per heavy atom. The van der Waals surface area contributed by atoms with Gasteiger partial charge in [-0.2, -0.15) is 0 Å². The van der Waals surface area contributed by atoms with Gasteiger partial charge in [-0.25, -0.2) is 0 Å². The highest BCUT2D eigenvalue weighted by atomic mass is 79.9. The minimum absolute atomic E-state index is 0.446. The molecule has 19 heavy (non-hydrogen) atoms. The zero-order valence-electron chi connectivity index (χ0n) is 11.0. The molecule has 0 amide bonds. The summed E-state index contributed by atoms with van der Waals surface area (Å²) in [6, 6.07) is 12.3. The lowest BCUT2D eigenvalue weighted by Crippen LogP contribution is -2.01. The van der Waals surface area contributed by atoms with E-state index in [1.54, 1.807) is 0 Å². The van der Waals surface area contributed by atoms with Crippen LogP contribution < -0.4 is 4.74 Å². The summed E-state index contributed by atoms with van der Waals surface area (Å²) in [5, 5.41) is 0. The molecule has 0 aromatic heterocycles. The standard InChI is InChI=1S/C16H16BrClO/c1-11-6-7-12(2)14(8-11)10-19-16-13(9-18)4-3-5-15(16)17/h3-8H,9-10H2,1-2H3. The van der Waals surface area contributed by atoms with Gasteiger partial charge in [-0.3, -0.25) is 0 Å². The fourth-order valence-electron chi connectivity index (χ4n) is 1.93. The predicted octanol–water partition coefficient (Wildman–Crippen LogP) is 5.38. The van der Waals surface area contributed by atoms with Crippen molar-refractivity contribution in [3.63, 3.8) is 0 Å². The molecule has 0 spiro atoms. The Kier molecular flexibility index (Phi) is 4.89. The molecular formula is C16H16BrClO. The van der Waals surface area contributed by atoms with Crippen LogP contribution in [0.2, 0.25) is 0 Å². The molecule has 3 heteroatoms. The van der Waals surface area contributed by atoms with Crippen molar-refractivity contribution in [3.05, 3.63) is 63.1 Å². The minimum atomic E-state index is 0.446. The summed E-state index contributed by atoms with van der Waals surface area (Å²) >= 11 is 9.45. The number of aryl methyl sites for hydroxylation is 2. The first kappa shape index (κ1) is 14.4. The van der Waals surface area contributed by atoms with Crippen molar-refractivity contribution in [1.82, 2.24) is 0 Å². The number of rotatable bonds is 4. The highest BCUT2D eigenvalue weighted by molar-refractivity contribution is 9.10. The number of benzene rings is 2. The Hall–Kier alpha value is -0.990. The zero-order valence-corrected chi connectivity index (χ0v) is 13.4. The summed E-state index contributed by atoms with van der Waals surface area (Å²) in [4.78, 5) is 0. The van der Waals surface area contributed by atoms with E-state index in [4.69, 9.17) is 16.3 Å². The van der Waals surface area contributed by atoms with Crippen LogP contribution in [0.3, 0.4) is 0 Å². The van der Waals surface area contributed by atoms with Gasteiger partial charge in [0.05, 0.1) is 10.4 Å². The average molecular weight is 340 g/mol. The van der Waals surface area contributed by atoms with Crippen LogP contribution in [0, 0.1) is 13.8 Å². The van der Waals surface area contributed by atoms with Crippen LogP contribution in [0.4, 0.5) is 0 Å². The first-order valence-electron chi connectivity index (χ1n) is 6.14. The molecule has 0 saturated heterocycles. The number of hydrogen-bond acceptors (Lipinski definition) is 1. The minimum Gasteiger partial charge on any atom is -0.487 e. The molecule has 0 atom stereocenters. The molecule has 0 aliphatic rings. The average Bonchev–Trinajstić information content (AvgIpc) is 2.40. The summed E-state index contributed by atoms with van der Waals surface area (Å²) in [7, 11) is 0. The van der Waals surface area contributed by atoms with Crippen molar-refractivity contribution < 1.29 is 4.74 Å². The van der Waals surface area contributed by atoms with E-state index in [0.29, 0.717) is 12.5 Å². The second-order valence-corrected chi connectivity index (χ2v) is 5.70. The highest BCUT2D eigenvalue weighted by Gasteiger charge is 2.08. The summed E-state index contributed by atoms with van der Waals surface area (Å²) in [6.07, 6.45) is 0. The molecule has 0 N–H and O–H groups in total. The van der Waals surface area contributed by atoms with E-state index in [9.17, 15) is 0 Å². The number of halogens is 2. The van der Waals surface area contributed by atoms with E-state index >= 15 is 0 Å². The molecule has 0 bridgehead atoms. The van der Waals surface area contributed by atoms with Crippen molar-refractivity contribution in [3.8, 4) is 5.75 Å². The number of hydrogen-bond donors (Lipinski definition) is 0. The Morgan fingerprint density at radius 2 is 1.89 bits per heavy atom. The van der Waals surface area contributed by atoms with E-state index in [1.807, 2.05) is 18.2 Å². The van der Waals surface area contributed by atoms with Gasteiger partial charge in [0.15, 0.2) is 0 Å². The predicted molar refractivity (Wildman–Crippen MR) is 83.9 cm³/mol. The van der Waals surface area contributed by atoms with Crippen molar-refractivity contribution >= 4 is 27.5 Å². The van der Waals surface area contributed by atoms with Crippen molar-refractivity contribution in [2.24, 2.45) is 0 Å². The van der Waals surface area contributed by atoms with Crippen LogP contribution in [0.1, 0.15) is 22.3 Å². The lowest BCUT2D eigenvalue weighted by molar-refractivity contribution is 0.301. The molecule has 1 nitrogen and oxygen atoms in total. The number of ether oxygens (including phenoxy) is 1. The van der Waals surface area contributed by atoms with Gasteiger partial charge in [0.25, 0.3) is 0 Å². The van der Waals surface area contributed by atoms with Gasteiger partial charge in [-0.1, -0.05) is 35.9 Å². The summed E-state index contributed by atoms with van der Waals surface area (Å²) in [6.45, 7) is 4.74. The highest BCUT2D eigenvalue weighted by Crippen LogP contribution is 2.31. The van der Waals surface area contributed by atoms with Gasteiger partial charge in [0.2, 0.25) is 0 Å². The lowest BCUT2D eigenvalue weighted by Gasteiger charge is -2.13. The SMILES string of the molecule is Cc1ccc(C)c(COc2c(Br)cccc2CCl)c1. The third kappa shape index (κ3) is 3.52. The summed E-state index contributed by atoms with van der Waals surface area (Å²) in [5.41, 5.74) is 4.69. The quantitative estimate of drug-likeness (QED) is 0.679. The normalized spacial score (nSPS) is 10.5. The molecule has 0 aliphatic carbocycles. The molecule has 0 aliphatic heterocycles. The zero-order chi connectivity index (χ0) is 13.8. The number of alkyl halides is 1. The fraction of sp³-hybridized carbons (Fsp3) is 0.250. The van der Waals surface area contributed by atoms with Crippen LogP contribution in [-0.4, -0.2) is 0 Å². The van der Waals surface area contributed by atoms with Crippen molar-refractivity contribution in [1.29, 1.82) is 0 Å². The van der Waals surface area contributed by atoms with Gasteiger partial charge < -0.3 is 4.74 Å². The molecule has 0 heterocycles. The molecule has 100 valence electrons. The van der Waals surface area contributed by atoms with E-state index in [1.165, 1.54) is 16.7 Å². The topological polar surface area (TPSA) is 9.23 Å². The Balaban J connectivity index is 2.21. The van der Waals surface area contributed by atoms with Gasteiger partial charge in [0, 0.05) is 5.56 Å². The molecule has 2 aromatic rings. The van der Waals surface area contributed by atoms with Crippen molar-refractivity contribution in [2.75, 3.05) is 0 Å². The van der Waals surface area contributed by atoms with Gasteiger partial charge in [0.1, 0.15) is 12.4 Å². The molecule has 0 fully saturated rings. The Labute approximate surface area is 127 Å². The van der Waals surface area contributed by atoms with E-state index < -0.39 is 0 Å². The summed E-state index contributed by atoms with van der Waals surface area (Å²) < 4.78 is 6.89. The Bertz CT molecular complexity index is 581. The molecular weight excluding hydrogens is 324 g/mol. The van der Waals surface area contributed by atoms with Crippen LogP contribution in [-0.2, 0) is 12.5 Å².